The SMILES string of the molecule is C[C@@H](CC(=O)N[C@H](C)CCc1ccccc1)CC1=NS(=O)(=O)c2ccccc2N1. The molecule has 0 fully saturated rings. The lowest BCUT2D eigenvalue weighted by Crippen LogP contribution is -2.34. The Hall–Kier alpha value is -2.67. The number of hydrogen-bond acceptors (Lipinski definition) is 4. The zero-order valence-corrected chi connectivity index (χ0v) is 17.6. The van der Waals surface area contributed by atoms with Gasteiger partial charge in [-0.15, -0.1) is 4.40 Å². The molecule has 0 bridgehead atoms. The Kier molecular flexibility index (Phi) is 6.69. The van der Waals surface area contributed by atoms with Crippen LogP contribution >= 0.6 is 0 Å². The van der Waals surface area contributed by atoms with Gasteiger partial charge in [-0.3, -0.25) is 4.79 Å². The number of amides is 1. The van der Waals surface area contributed by atoms with Crippen molar-refractivity contribution < 1.29 is 13.2 Å². The first kappa shape index (κ1) is 21.0. The Morgan fingerprint density at radius 3 is 2.52 bits per heavy atom. The van der Waals surface area contributed by atoms with Crippen LogP contribution in [0.25, 0.3) is 0 Å². The first-order valence-corrected chi connectivity index (χ1v) is 11.3. The van der Waals surface area contributed by atoms with Gasteiger partial charge in [0.05, 0.1) is 5.69 Å². The Balaban J connectivity index is 1.48. The molecule has 6 nitrogen and oxygen atoms in total. The molecule has 2 aromatic rings. The van der Waals surface area contributed by atoms with E-state index in [1.165, 1.54) is 11.6 Å². The minimum Gasteiger partial charge on any atom is -0.354 e. The highest BCUT2D eigenvalue weighted by atomic mass is 32.2. The predicted octanol–water partition coefficient (Wildman–Crippen LogP) is 3.75. The molecule has 0 aliphatic carbocycles. The fourth-order valence-corrected chi connectivity index (χ4v) is 4.56. The van der Waals surface area contributed by atoms with Crippen LogP contribution in [0.4, 0.5) is 5.69 Å². The maximum atomic E-state index is 12.4. The number of benzene rings is 2. The molecule has 0 radical (unpaired) electrons. The van der Waals surface area contributed by atoms with Gasteiger partial charge in [0.25, 0.3) is 10.0 Å². The van der Waals surface area contributed by atoms with Crippen molar-refractivity contribution in [2.75, 3.05) is 5.32 Å². The van der Waals surface area contributed by atoms with Crippen molar-refractivity contribution in [1.82, 2.24) is 5.32 Å². The first-order chi connectivity index (χ1) is 13.8. The standard InChI is InChI=1S/C22H27N3O3S/c1-16(14-21-24-19-10-6-7-11-20(19)29(27,28)25-21)15-22(26)23-17(2)12-13-18-8-4-3-5-9-18/h3-11,16-17H,12-15H2,1-2H3,(H,23,26)(H,24,25)/t16-,17-/m1/s1. The maximum absolute atomic E-state index is 12.4. The summed E-state index contributed by atoms with van der Waals surface area (Å²) in [7, 11) is -3.69. The van der Waals surface area contributed by atoms with Crippen molar-refractivity contribution in [1.29, 1.82) is 0 Å². The lowest BCUT2D eigenvalue weighted by molar-refractivity contribution is -0.122. The van der Waals surface area contributed by atoms with Gasteiger partial charge in [-0.05, 0) is 43.4 Å². The number of fused-ring (bicyclic) bond motifs is 1. The molecule has 29 heavy (non-hydrogen) atoms. The number of rotatable bonds is 8. The monoisotopic (exact) mass is 413 g/mol. The van der Waals surface area contributed by atoms with E-state index in [0.29, 0.717) is 24.4 Å². The van der Waals surface area contributed by atoms with Crippen LogP contribution in [0.3, 0.4) is 0 Å². The summed E-state index contributed by atoms with van der Waals surface area (Å²) < 4.78 is 28.5. The minimum atomic E-state index is -3.69. The van der Waals surface area contributed by atoms with Gasteiger partial charge in [0.15, 0.2) is 0 Å². The molecule has 2 N–H and O–H groups in total. The summed E-state index contributed by atoms with van der Waals surface area (Å²) in [4.78, 5) is 12.5. The zero-order chi connectivity index (χ0) is 20.9. The average Bonchev–Trinajstić information content (AvgIpc) is 2.66. The first-order valence-electron chi connectivity index (χ1n) is 9.86. The summed E-state index contributed by atoms with van der Waals surface area (Å²) in [6, 6.07) is 17.0. The van der Waals surface area contributed by atoms with E-state index in [1.807, 2.05) is 32.0 Å². The lowest BCUT2D eigenvalue weighted by atomic mass is 10.0. The molecule has 0 saturated carbocycles. The Bertz CT molecular complexity index is 987. The van der Waals surface area contributed by atoms with E-state index in [-0.39, 0.29) is 22.8 Å². The third-order valence-electron chi connectivity index (χ3n) is 4.87. The van der Waals surface area contributed by atoms with Gasteiger partial charge >= 0.3 is 0 Å². The van der Waals surface area contributed by atoms with E-state index in [0.717, 1.165) is 12.8 Å². The van der Waals surface area contributed by atoms with Gasteiger partial charge in [-0.25, -0.2) is 0 Å². The fourth-order valence-electron chi connectivity index (χ4n) is 3.41. The Morgan fingerprint density at radius 1 is 1.07 bits per heavy atom. The molecular formula is C22H27N3O3S. The topological polar surface area (TPSA) is 87.6 Å². The molecule has 7 heteroatoms. The molecule has 154 valence electrons. The highest BCUT2D eigenvalue weighted by molar-refractivity contribution is 7.90. The van der Waals surface area contributed by atoms with Gasteiger partial charge in [-0.2, -0.15) is 8.42 Å². The molecule has 2 aromatic carbocycles. The van der Waals surface area contributed by atoms with Gasteiger partial charge < -0.3 is 10.6 Å². The van der Waals surface area contributed by atoms with Crippen LogP contribution in [-0.2, 0) is 21.2 Å². The maximum Gasteiger partial charge on any atom is 0.286 e. The molecule has 1 heterocycles. The molecule has 1 aliphatic rings. The number of carbonyl (C=O) groups is 1. The Labute approximate surface area is 172 Å². The van der Waals surface area contributed by atoms with E-state index in [9.17, 15) is 13.2 Å². The van der Waals surface area contributed by atoms with Crippen molar-refractivity contribution in [3.8, 4) is 0 Å². The van der Waals surface area contributed by atoms with Crippen LogP contribution in [-0.4, -0.2) is 26.2 Å². The van der Waals surface area contributed by atoms with E-state index in [1.54, 1.807) is 18.2 Å². The van der Waals surface area contributed by atoms with E-state index in [4.69, 9.17) is 0 Å². The van der Waals surface area contributed by atoms with Crippen molar-refractivity contribution in [2.45, 2.75) is 50.5 Å². The second-order valence-corrected chi connectivity index (χ2v) is 9.21. The average molecular weight is 414 g/mol. The molecule has 3 rings (SSSR count). The zero-order valence-electron chi connectivity index (χ0n) is 16.8. The van der Waals surface area contributed by atoms with E-state index in [2.05, 4.69) is 27.2 Å². The number of nitrogens with one attached hydrogen (secondary N) is 2. The van der Waals surface area contributed by atoms with E-state index >= 15 is 0 Å². The number of para-hydroxylation sites is 1. The number of anilines is 1. The quantitative estimate of drug-likeness (QED) is 0.690. The summed E-state index contributed by atoms with van der Waals surface area (Å²) in [6.45, 7) is 3.92. The summed E-state index contributed by atoms with van der Waals surface area (Å²) in [5.41, 5.74) is 1.79. The number of nitrogens with zero attached hydrogens (tertiary/aromatic N) is 1. The highest BCUT2D eigenvalue weighted by Crippen LogP contribution is 2.28. The number of amidine groups is 1. The molecule has 0 spiro atoms. The number of carbonyl (C=O) groups excluding carboxylic acids is 1. The highest BCUT2D eigenvalue weighted by Gasteiger charge is 2.25. The minimum absolute atomic E-state index is 0.0299. The van der Waals surface area contributed by atoms with E-state index < -0.39 is 10.0 Å². The lowest BCUT2D eigenvalue weighted by Gasteiger charge is -2.21. The molecule has 0 aromatic heterocycles. The smallest absolute Gasteiger partial charge is 0.286 e. The largest absolute Gasteiger partial charge is 0.354 e. The van der Waals surface area contributed by atoms with Gasteiger partial charge in [0.1, 0.15) is 10.7 Å². The number of hydrogen-bond donors (Lipinski definition) is 2. The molecular weight excluding hydrogens is 386 g/mol. The second kappa shape index (κ2) is 9.22. The molecule has 2 atom stereocenters. The van der Waals surface area contributed by atoms with Crippen LogP contribution in [0.2, 0.25) is 0 Å². The van der Waals surface area contributed by atoms with Crippen molar-refractivity contribution in [2.24, 2.45) is 10.3 Å². The predicted molar refractivity (Wildman–Crippen MR) is 115 cm³/mol. The number of aryl methyl sites for hydroxylation is 1. The van der Waals surface area contributed by atoms with Crippen molar-refractivity contribution >= 4 is 27.5 Å². The van der Waals surface area contributed by atoms with Crippen LogP contribution in [0.1, 0.15) is 38.7 Å². The van der Waals surface area contributed by atoms with Crippen LogP contribution in [0, 0.1) is 5.92 Å². The second-order valence-electron chi connectivity index (χ2n) is 7.64. The normalized spacial score (nSPS) is 16.7. The summed E-state index contributed by atoms with van der Waals surface area (Å²) in [5, 5.41) is 6.11. The number of sulfonamides is 1. The molecule has 0 unspecified atom stereocenters. The van der Waals surface area contributed by atoms with Gasteiger partial charge in [0.2, 0.25) is 5.91 Å². The van der Waals surface area contributed by atoms with Crippen LogP contribution < -0.4 is 10.6 Å². The third kappa shape index (κ3) is 5.90. The van der Waals surface area contributed by atoms with Gasteiger partial charge in [-0.1, -0.05) is 49.4 Å². The fraction of sp³-hybridized carbons (Fsp3) is 0.364. The summed E-state index contributed by atoms with van der Waals surface area (Å²) in [5.74, 6) is 0.307. The third-order valence-corrected chi connectivity index (χ3v) is 6.24. The van der Waals surface area contributed by atoms with Crippen LogP contribution in [0.15, 0.2) is 63.9 Å². The summed E-state index contributed by atoms with van der Waals surface area (Å²) in [6.07, 6.45) is 2.49. The molecule has 1 aliphatic heterocycles. The molecule has 1 amide bonds. The molecule has 0 saturated heterocycles. The van der Waals surface area contributed by atoms with Crippen LogP contribution in [0.5, 0.6) is 0 Å². The van der Waals surface area contributed by atoms with Crippen molar-refractivity contribution in [3.05, 3.63) is 60.2 Å². The Morgan fingerprint density at radius 2 is 1.76 bits per heavy atom. The summed E-state index contributed by atoms with van der Waals surface area (Å²) >= 11 is 0. The van der Waals surface area contributed by atoms with Gasteiger partial charge in [0, 0.05) is 18.9 Å². The van der Waals surface area contributed by atoms with Crippen molar-refractivity contribution in [3.63, 3.8) is 0 Å².